The minimum Gasteiger partial charge on any atom is -0.334 e. The molecule has 0 spiro atoms. The molecule has 2 atom stereocenters. The van der Waals surface area contributed by atoms with Gasteiger partial charge in [-0.3, -0.25) is 4.79 Å². The number of likely N-dealkylation sites (N-methyl/N-ethyl adjacent to an activating group) is 1. The van der Waals surface area contributed by atoms with Crippen LogP contribution in [0.15, 0.2) is 18.2 Å². The molecule has 3 nitrogen and oxygen atoms in total. The molecule has 0 radical (unpaired) electrons. The molecule has 17 heavy (non-hydrogen) atoms. The smallest absolute Gasteiger partial charge is 0.224 e. The van der Waals surface area contributed by atoms with Crippen molar-refractivity contribution in [2.75, 3.05) is 6.54 Å². The van der Waals surface area contributed by atoms with Crippen LogP contribution < -0.4 is 5.73 Å². The molecule has 92 valence electrons. The summed E-state index contributed by atoms with van der Waals surface area (Å²) in [5.41, 5.74) is 6.85. The van der Waals surface area contributed by atoms with Crippen LogP contribution in [0.2, 0.25) is 10.0 Å². The third-order valence-electron chi connectivity index (χ3n) is 3.09. The number of hydrogen-bond acceptors (Lipinski definition) is 2. The fraction of sp³-hybridized carbons (Fsp3) is 0.417. The van der Waals surface area contributed by atoms with Gasteiger partial charge in [0.25, 0.3) is 0 Å². The number of halogens is 2. The highest BCUT2D eigenvalue weighted by atomic mass is 35.5. The van der Waals surface area contributed by atoms with E-state index in [1.807, 2.05) is 6.92 Å². The summed E-state index contributed by atoms with van der Waals surface area (Å²) in [5, 5.41) is 1.20. The molecule has 1 fully saturated rings. The quantitative estimate of drug-likeness (QED) is 0.900. The number of nitrogens with two attached hydrogens (primary N) is 1. The van der Waals surface area contributed by atoms with E-state index in [-0.39, 0.29) is 18.0 Å². The van der Waals surface area contributed by atoms with Gasteiger partial charge in [-0.1, -0.05) is 23.2 Å². The van der Waals surface area contributed by atoms with Gasteiger partial charge in [-0.15, -0.1) is 0 Å². The highest BCUT2D eigenvalue weighted by Gasteiger charge is 2.38. The minimum absolute atomic E-state index is 0.0704. The van der Waals surface area contributed by atoms with Crippen molar-refractivity contribution in [1.29, 1.82) is 0 Å². The maximum Gasteiger partial charge on any atom is 0.224 e. The summed E-state index contributed by atoms with van der Waals surface area (Å²) in [4.78, 5) is 13.5. The maximum atomic E-state index is 11.8. The molecular weight excluding hydrogens is 259 g/mol. The van der Waals surface area contributed by atoms with E-state index in [4.69, 9.17) is 28.9 Å². The molecule has 1 aromatic carbocycles. The Labute approximate surface area is 110 Å². The number of nitrogens with zero attached hydrogens (tertiary/aromatic N) is 1. The number of hydrogen-bond donors (Lipinski definition) is 1. The van der Waals surface area contributed by atoms with Gasteiger partial charge in [0.15, 0.2) is 0 Å². The molecule has 0 aromatic heterocycles. The van der Waals surface area contributed by atoms with E-state index in [0.717, 1.165) is 5.56 Å². The van der Waals surface area contributed by atoms with Crippen LogP contribution in [-0.2, 0) is 4.79 Å². The summed E-state index contributed by atoms with van der Waals surface area (Å²) < 4.78 is 0. The SMILES string of the molecule is CCN1C(=O)CC(N)C1c1cc(Cl)ccc1Cl. The molecule has 0 saturated carbocycles. The Balaban J connectivity index is 2.44. The van der Waals surface area contributed by atoms with E-state index in [1.54, 1.807) is 23.1 Å². The van der Waals surface area contributed by atoms with Crippen LogP contribution in [0.3, 0.4) is 0 Å². The molecule has 0 bridgehead atoms. The number of amides is 1. The molecule has 0 aliphatic carbocycles. The van der Waals surface area contributed by atoms with Crippen LogP contribution in [0, 0.1) is 0 Å². The highest BCUT2D eigenvalue weighted by Crippen LogP contribution is 2.36. The number of carbonyl (C=O) groups excluding carboxylic acids is 1. The van der Waals surface area contributed by atoms with E-state index < -0.39 is 0 Å². The highest BCUT2D eigenvalue weighted by molar-refractivity contribution is 6.33. The second-order valence-corrected chi connectivity index (χ2v) is 5.00. The van der Waals surface area contributed by atoms with Crippen LogP contribution in [0.25, 0.3) is 0 Å². The zero-order valence-electron chi connectivity index (χ0n) is 9.49. The predicted octanol–water partition coefficient (Wildman–Crippen LogP) is 2.61. The van der Waals surface area contributed by atoms with Gasteiger partial charge in [-0.2, -0.15) is 0 Å². The lowest BCUT2D eigenvalue weighted by Gasteiger charge is -2.26. The van der Waals surface area contributed by atoms with E-state index >= 15 is 0 Å². The van der Waals surface area contributed by atoms with Crippen molar-refractivity contribution in [3.63, 3.8) is 0 Å². The molecule has 1 aliphatic heterocycles. The van der Waals surface area contributed by atoms with Crippen molar-refractivity contribution in [1.82, 2.24) is 4.90 Å². The first kappa shape index (κ1) is 12.7. The Morgan fingerprint density at radius 3 is 2.82 bits per heavy atom. The predicted molar refractivity (Wildman–Crippen MR) is 69.2 cm³/mol. The fourth-order valence-corrected chi connectivity index (χ4v) is 2.74. The molecule has 1 amide bonds. The molecule has 2 N–H and O–H groups in total. The van der Waals surface area contributed by atoms with Gasteiger partial charge in [0.05, 0.1) is 6.04 Å². The van der Waals surface area contributed by atoms with Crippen molar-refractivity contribution < 1.29 is 4.79 Å². The second kappa shape index (κ2) is 4.84. The van der Waals surface area contributed by atoms with Crippen LogP contribution >= 0.6 is 23.2 Å². The summed E-state index contributed by atoms with van der Waals surface area (Å²) in [6.45, 7) is 2.56. The van der Waals surface area contributed by atoms with Crippen molar-refractivity contribution in [3.8, 4) is 0 Å². The number of carbonyl (C=O) groups is 1. The van der Waals surface area contributed by atoms with Gasteiger partial charge < -0.3 is 10.6 Å². The van der Waals surface area contributed by atoms with Crippen LogP contribution in [0.4, 0.5) is 0 Å². The lowest BCUT2D eigenvalue weighted by atomic mass is 10.0. The summed E-state index contributed by atoms with van der Waals surface area (Å²) in [5.74, 6) is 0.0704. The molecule has 1 saturated heterocycles. The topological polar surface area (TPSA) is 46.3 Å². The third-order valence-corrected chi connectivity index (χ3v) is 3.67. The average molecular weight is 273 g/mol. The first-order valence-electron chi connectivity index (χ1n) is 5.54. The molecule has 5 heteroatoms. The van der Waals surface area contributed by atoms with Crippen LogP contribution in [-0.4, -0.2) is 23.4 Å². The van der Waals surface area contributed by atoms with Gasteiger partial charge in [-0.25, -0.2) is 0 Å². The van der Waals surface area contributed by atoms with E-state index in [2.05, 4.69) is 0 Å². The summed E-state index contributed by atoms with van der Waals surface area (Å²) in [7, 11) is 0. The van der Waals surface area contributed by atoms with Gasteiger partial charge >= 0.3 is 0 Å². The minimum atomic E-state index is -0.224. The Morgan fingerprint density at radius 2 is 2.18 bits per heavy atom. The van der Waals surface area contributed by atoms with Gasteiger partial charge in [0.2, 0.25) is 5.91 Å². The first-order valence-corrected chi connectivity index (χ1v) is 6.30. The molecule has 2 unspecified atom stereocenters. The van der Waals surface area contributed by atoms with Crippen molar-refractivity contribution >= 4 is 29.1 Å². The first-order chi connectivity index (χ1) is 8.04. The Bertz CT molecular complexity index is 450. The summed E-state index contributed by atoms with van der Waals surface area (Å²) >= 11 is 12.1. The maximum absolute atomic E-state index is 11.8. The lowest BCUT2D eigenvalue weighted by Crippen LogP contribution is -2.33. The number of rotatable bonds is 2. The lowest BCUT2D eigenvalue weighted by molar-refractivity contribution is -0.128. The van der Waals surface area contributed by atoms with Crippen LogP contribution in [0.1, 0.15) is 24.9 Å². The molecule has 1 aliphatic rings. The largest absolute Gasteiger partial charge is 0.334 e. The zero-order valence-corrected chi connectivity index (χ0v) is 11.0. The second-order valence-electron chi connectivity index (χ2n) is 4.16. The summed E-state index contributed by atoms with van der Waals surface area (Å²) in [6.07, 6.45) is 0.362. The van der Waals surface area contributed by atoms with Gasteiger partial charge in [0.1, 0.15) is 0 Å². The Hall–Kier alpha value is -0.770. The normalized spacial score (nSPS) is 24.5. The van der Waals surface area contributed by atoms with E-state index in [1.165, 1.54) is 0 Å². The fourth-order valence-electron chi connectivity index (χ4n) is 2.33. The standard InChI is InChI=1S/C12H14Cl2N2O/c1-2-16-11(17)6-10(15)12(16)8-5-7(13)3-4-9(8)14/h3-5,10,12H,2,6,15H2,1H3. The molecule has 2 rings (SSSR count). The molecular formula is C12H14Cl2N2O. The van der Waals surface area contributed by atoms with Crippen molar-refractivity contribution in [3.05, 3.63) is 33.8 Å². The molecule has 1 heterocycles. The number of likely N-dealkylation sites (tertiary alicyclic amines) is 1. The summed E-state index contributed by atoms with van der Waals surface area (Å²) in [6, 6.07) is 4.86. The van der Waals surface area contributed by atoms with Crippen molar-refractivity contribution in [2.45, 2.75) is 25.4 Å². The van der Waals surface area contributed by atoms with Gasteiger partial charge in [-0.05, 0) is 30.7 Å². The van der Waals surface area contributed by atoms with Crippen molar-refractivity contribution in [2.24, 2.45) is 5.73 Å². The van der Waals surface area contributed by atoms with E-state index in [9.17, 15) is 4.79 Å². The molecule has 1 aromatic rings. The van der Waals surface area contributed by atoms with Crippen LogP contribution in [0.5, 0.6) is 0 Å². The monoisotopic (exact) mass is 272 g/mol. The van der Waals surface area contributed by atoms with E-state index in [0.29, 0.717) is 23.0 Å². The Kier molecular flexibility index (Phi) is 3.61. The Morgan fingerprint density at radius 1 is 1.47 bits per heavy atom. The van der Waals surface area contributed by atoms with Gasteiger partial charge in [0, 0.05) is 29.1 Å². The zero-order chi connectivity index (χ0) is 12.6. The number of benzene rings is 1. The third kappa shape index (κ3) is 2.28. The average Bonchev–Trinajstić information content (AvgIpc) is 2.56.